The Balaban J connectivity index is 2.19. The molecule has 0 N–H and O–H groups in total. The number of amides is 1. The lowest BCUT2D eigenvalue weighted by Gasteiger charge is -2.48. The summed E-state index contributed by atoms with van der Waals surface area (Å²) in [6, 6.07) is 11.8. The average Bonchev–Trinajstić information content (AvgIpc) is 2.77. The summed E-state index contributed by atoms with van der Waals surface area (Å²) in [7, 11) is 0. The zero-order valence-corrected chi connectivity index (χ0v) is 22.7. The lowest BCUT2D eigenvalue weighted by atomic mass is 9.89. The highest BCUT2D eigenvalue weighted by Crippen LogP contribution is 2.46. The molecule has 0 radical (unpaired) electrons. The fraction of sp³-hybridized carbons (Fsp3) is 0.444. The number of halogens is 5. The van der Waals surface area contributed by atoms with Gasteiger partial charge in [0, 0.05) is 27.0 Å². The number of morpholine rings is 1. The van der Waals surface area contributed by atoms with Crippen molar-refractivity contribution in [2.45, 2.75) is 68.8 Å². The fourth-order valence-corrected chi connectivity index (χ4v) is 5.56. The SMILES string of the molecule is C=CC[C@H]1O[C@H](c2cccc(Cl)c2)[C@@H](c2ccc(Cl)cc2)N([C@@H](CSC(C)(C)C)CC(F)(F)F)C1=O. The Morgan fingerprint density at radius 1 is 1.08 bits per heavy atom. The van der Waals surface area contributed by atoms with Gasteiger partial charge in [-0.25, -0.2) is 0 Å². The lowest BCUT2D eigenvalue weighted by Crippen LogP contribution is -2.56. The Labute approximate surface area is 225 Å². The van der Waals surface area contributed by atoms with E-state index < -0.39 is 42.8 Å². The van der Waals surface area contributed by atoms with Crippen molar-refractivity contribution in [3.8, 4) is 0 Å². The fourth-order valence-electron chi connectivity index (χ4n) is 4.26. The lowest BCUT2D eigenvalue weighted by molar-refractivity contribution is -0.188. The molecule has 0 spiro atoms. The molecule has 0 saturated carbocycles. The second-order valence-corrected chi connectivity index (χ2v) is 12.5. The van der Waals surface area contributed by atoms with Gasteiger partial charge in [0.15, 0.2) is 0 Å². The van der Waals surface area contributed by atoms with Gasteiger partial charge in [-0.2, -0.15) is 24.9 Å². The minimum atomic E-state index is -4.47. The number of nitrogens with zero attached hydrogens (tertiary/aromatic N) is 1. The molecular weight excluding hydrogens is 530 g/mol. The molecule has 3 rings (SSSR count). The van der Waals surface area contributed by atoms with Gasteiger partial charge in [-0.1, -0.05) is 74.3 Å². The minimum absolute atomic E-state index is 0.113. The maximum atomic E-state index is 13.9. The molecule has 3 nitrogen and oxygen atoms in total. The normalized spacial score (nSPS) is 21.9. The van der Waals surface area contributed by atoms with E-state index in [9.17, 15) is 18.0 Å². The van der Waals surface area contributed by atoms with Crippen LogP contribution in [0, 0.1) is 0 Å². The molecule has 1 fully saturated rings. The van der Waals surface area contributed by atoms with E-state index in [4.69, 9.17) is 27.9 Å². The van der Waals surface area contributed by atoms with Gasteiger partial charge >= 0.3 is 6.18 Å². The highest BCUT2D eigenvalue weighted by Gasteiger charge is 2.48. The number of thioether (sulfide) groups is 1. The summed E-state index contributed by atoms with van der Waals surface area (Å²) in [5.74, 6) is -0.376. The first-order valence-corrected chi connectivity index (χ1v) is 13.3. The van der Waals surface area contributed by atoms with E-state index in [-0.39, 0.29) is 16.9 Å². The van der Waals surface area contributed by atoms with Crippen molar-refractivity contribution in [1.29, 1.82) is 0 Å². The molecule has 196 valence electrons. The van der Waals surface area contributed by atoms with Crippen LogP contribution < -0.4 is 0 Å². The Kier molecular flexibility index (Phi) is 9.47. The van der Waals surface area contributed by atoms with Gasteiger partial charge in [-0.3, -0.25) is 4.79 Å². The van der Waals surface area contributed by atoms with Gasteiger partial charge in [-0.15, -0.1) is 6.58 Å². The van der Waals surface area contributed by atoms with E-state index in [2.05, 4.69) is 6.58 Å². The molecule has 9 heteroatoms. The molecule has 4 atom stereocenters. The predicted molar refractivity (Wildman–Crippen MR) is 142 cm³/mol. The van der Waals surface area contributed by atoms with Gasteiger partial charge in [0.25, 0.3) is 5.91 Å². The third-order valence-electron chi connectivity index (χ3n) is 5.77. The first-order valence-electron chi connectivity index (χ1n) is 11.6. The van der Waals surface area contributed by atoms with E-state index >= 15 is 0 Å². The third-order valence-corrected chi connectivity index (χ3v) is 7.67. The zero-order valence-electron chi connectivity index (χ0n) is 20.4. The summed E-state index contributed by atoms with van der Waals surface area (Å²) in [6.07, 6.45) is -5.60. The molecule has 0 bridgehead atoms. The Bertz CT molecular complexity index is 1060. The Morgan fingerprint density at radius 2 is 1.75 bits per heavy atom. The number of benzene rings is 2. The van der Waals surface area contributed by atoms with Crippen molar-refractivity contribution in [3.05, 3.63) is 82.4 Å². The predicted octanol–water partition coefficient (Wildman–Crippen LogP) is 8.43. The van der Waals surface area contributed by atoms with Gasteiger partial charge < -0.3 is 9.64 Å². The molecule has 1 amide bonds. The van der Waals surface area contributed by atoms with Crippen LogP contribution in [0.25, 0.3) is 0 Å². The van der Waals surface area contributed by atoms with Gasteiger partial charge in [0.2, 0.25) is 0 Å². The summed E-state index contributed by atoms with van der Waals surface area (Å²) < 4.78 is 47.6. The topological polar surface area (TPSA) is 29.5 Å². The molecule has 0 aliphatic carbocycles. The first-order chi connectivity index (χ1) is 16.8. The van der Waals surface area contributed by atoms with Crippen LogP contribution in [-0.4, -0.2) is 39.6 Å². The van der Waals surface area contributed by atoms with Gasteiger partial charge in [-0.05, 0) is 35.4 Å². The van der Waals surface area contributed by atoms with Crippen molar-refractivity contribution < 1.29 is 22.7 Å². The quantitative estimate of drug-likeness (QED) is 0.304. The van der Waals surface area contributed by atoms with Gasteiger partial charge in [0.1, 0.15) is 12.2 Å². The highest BCUT2D eigenvalue weighted by molar-refractivity contribution is 8.00. The standard InChI is InChI=1S/C27H30Cl2F3NO2S/c1-5-7-22-25(34)33(21(15-27(30,31)32)16-36-26(2,3)4)23(17-10-12-19(28)13-11-17)24(35-22)18-8-6-9-20(29)14-18/h5-6,8-14,21-24H,1,7,15-16H2,2-4H3/t21-,22-,23-,24-/m1/s1. The molecular formula is C27H30Cl2F3NO2S. The van der Waals surface area contributed by atoms with Crippen LogP contribution in [0.5, 0.6) is 0 Å². The number of rotatable bonds is 8. The number of alkyl halides is 3. The van der Waals surface area contributed by atoms with Crippen LogP contribution in [0.2, 0.25) is 10.0 Å². The molecule has 2 aromatic rings. The van der Waals surface area contributed by atoms with Crippen molar-refractivity contribution in [1.82, 2.24) is 4.90 Å². The first kappa shape index (κ1) is 28.9. The van der Waals surface area contributed by atoms with E-state index in [1.54, 1.807) is 54.6 Å². The number of hydrogen-bond donors (Lipinski definition) is 0. The summed E-state index contributed by atoms with van der Waals surface area (Å²) in [4.78, 5) is 15.2. The number of ether oxygens (including phenoxy) is 1. The molecule has 0 unspecified atom stereocenters. The second kappa shape index (κ2) is 11.8. The molecule has 1 heterocycles. The number of hydrogen-bond acceptors (Lipinski definition) is 3. The monoisotopic (exact) mass is 559 g/mol. The van der Waals surface area contributed by atoms with Gasteiger partial charge in [0.05, 0.1) is 18.5 Å². The molecule has 1 aliphatic heterocycles. The van der Waals surface area contributed by atoms with E-state index in [1.807, 2.05) is 20.8 Å². The average molecular weight is 561 g/mol. The van der Waals surface area contributed by atoms with Crippen molar-refractivity contribution >= 4 is 40.9 Å². The largest absolute Gasteiger partial charge is 0.391 e. The smallest absolute Gasteiger partial charge is 0.358 e. The van der Waals surface area contributed by atoms with Crippen LogP contribution in [-0.2, 0) is 9.53 Å². The summed E-state index contributed by atoms with van der Waals surface area (Å²) >= 11 is 13.8. The molecule has 36 heavy (non-hydrogen) atoms. The van der Waals surface area contributed by atoms with Crippen molar-refractivity contribution in [2.24, 2.45) is 0 Å². The van der Waals surface area contributed by atoms with Crippen LogP contribution in [0.4, 0.5) is 13.2 Å². The van der Waals surface area contributed by atoms with Crippen LogP contribution >= 0.6 is 35.0 Å². The summed E-state index contributed by atoms with van der Waals surface area (Å²) in [6.45, 7) is 9.54. The summed E-state index contributed by atoms with van der Waals surface area (Å²) in [5, 5.41) is 0.942. The van der Waals surface area contributed by atoms with E-state index in [0.717, 1.165) is 0 Å². The zero-order chi connectivity index (χ0) is 26.7. The van der Waals surface area contributed by atoms with Crippen LogP contribution in [0.3, 0.4) is 0 Å². The van der Waals surface area contributed by atoms with Crippen molar-refractivity contribution in [3.63, 3.8) is 0 Å². The summed E-state index contributed by atoms with van der Waals surface area (Å²) in [5.41, 5.74) is 1.30. The Hall–Kier alpha value is -1.67. The molecule has 1 aliphatic rings. The van der Waals surface area contributed by atoms with E-state index in [0.29, 0.717) is 21.2 Å². The van der Waals surface area contributed by atoms with E-state index in [1.165, 1.54) is 16.7 Å². The minimum Gasteiger partial charge on any atom is -0.358 e. The number of carbonyl (C=O) groups is 1. The maximum Gasteiger partial charge on any atom is 0.391 e. The highest BCUT2D eigenvalue weighted by atomic mass is 35.5. The maximum absolute atomic E-state index is 13.9. The third kappa shape index (κ3) is 7.67. The van der Waals surface area contributed by atoms with Crippen LogP contribution in [0.1, 0.15) is 56.9 Å². The molecule has 0 aromatic heterocycles. The number of carbonyl (C=O) groups excluding carboxylic acids is 1. The van der Waals surface area contributed by atoms with Crippen molar-refractivity contribution in [2.75, 3.05) is 5.75 Å². The Morgan fingerprint density at radius 3 is 2.31 bits per heavy atom. The molecule has 2 aromatic carbocycles. The molecule has 1 saturated heterocycles. The second-order valence-electron chi connectivity index (χ2n) is 9.76. The van der Waals surface area contributed by atoms with Crippen LogP contribution in [0.15, 0.2) is 61.2 Å².